The summed E-state index contributed by atoms with van der Waals surface area (Å²) < 4.78 is 5.25. The van der Waals surface area contributed by atoms with Gasteiger partial charge in [-0.05, 0) is 56.5 Å². The van der Waals surface area contributed by atoms with E-state index in [2.05, 4.69) is 58.6 Å². The highest BCUT2D eigenvalue weighted by molar-refractivity contribution is 7.98. The largest absolute Gasteiger partial charge is 0.497 e. The zero-order valence-corrected chi connectivity index (χ0v) is 17.6. The van der Waals surface area contributed by atoms with Crippen molar-refractivity contribution in [2.45, 2.75) is 38.6 Å². The molecule has 28 heavy (non-hydrogen) atoms. The van der Waals surface area contributed by atoms with Gasteiger partial charge in [-0.3, -0.25) is 0 Å². The summed E-state index contributed by atoms with van der Waals surface area (Å²) in [6.07, 6.45) is 0. The lowest BCUT2D eigenvalue weighted by atomic mass is 10.0. The minimum absolute atomic E-state index is 0.516. The Morgan fingerprint density at radius 3 is 2.64 bits per heavy atom. The van der Waals surface area contributed by atoms with E-state index in [1.165, 1.54) is 22.3 Å². The maximum Gasteiger partial charge on any atom is 0.240 e. The van der Waals surface area contributed by atoms with Crippen molar-refractivity contribution in [2.75, 3.05) is 12.5 Å². The normalized spacial score (nSPS) is 11.5. The summed E-state index contributed by atoms with van der Waals surface area (Å²) >= 11 is 1.61. The van der Waals surface area contributed by atoms with E-state index in [0.29, 0.717) is 11.1 Å². The molecule has 0 radical (unpaired) electrons. The standard InChI is InChI=1S/C21H25N5OS/c1-13-9-14(2)19(15(3)10-13)12-28-21-22-20(25-26-21)24-23-16(4)17-7-6-8-18(11-17)27-5/h6-11H,12H2,1-5H3,(H2,22,24,25,26)/b23-16+. The molecule has 0 aliphatic heterocycles. The Balaban J connectivity index is 1.63. The lowest BCUT2D eigenvalue weighted by molar-refractivity contribution is 0.414. The van der Waals surface area contributed by atoms with Crippen LogP contribution in [-0.4, -0.2) is 28.0 Å². The number of rotatable bonds is 7. The Morgan fingerprint density at radius 1 is 1.18 bits per heavy atom. The minimum atomic E-state index is 0.516. The van der Waals surface area contributed by atoms with Crippen LogP contribution in [0.5, 0.6) is 5.75 Å². The van der Waals surface area contributed by atoms with E-state index in [9.17, 15) is 0 Å². The molecule has 7 heteroatoms. The molecule has 0 aliphatic rings. The number of methoxy groups -OCH3 is 1. The topological polar surface area (TPSA) is 75.2 Å². The number of H-pyrrole nitrogens is 1. The van der Waals surface area contributed by atoms with Crippen molar-refractivity contribution in [1.29, 1.82) is 0 Å². The van der Waals surface area contributed by atoms with Crippen molar-refractivity contribution < 1.29 is 4.74 Å². The average Bonchev–Trinajstić information content (AvgIpc) is 3.13. The van der Waals surface area contributed by atoms with Crippen molar-refractivity contribution in [3.8, 4) is 5.75 Å². The number of anilines is 1. The number of hydrazone groups is 1. The van der Waals surface area contributed by atoms with Gasteiger partial charge in [0.15, 0.2) is 0 Å². The van der Waals surface area contributed by atoms with Crippen molar-refractivity contribution >= 4 is 23.4 Å². The number of hydrogen-bond donors (Lipinski definition) is 2. The summed E-state index contributed by atoms with van der Waals surface area (Å²) in [7, 11) is 1.65. The van der Waals surface area contributed by atoms with E-state index in [1.807, 2.05) is 31.2 Å². The Labute approximate surface area is 169 Å². The number of aromatic amines is 1. The molecular weight excluding hydrogens is 370 g/mol. The molecule has 1 heterocycles. The zero-order chi connectivity index (χ0) is 20.1. The van der Waals surface area contributed by atoms with Gasteiger partial charge in [-0.1, -0.05) is 41.6 Å². The van der Waals surface area contributed by atoms with Crippen LogP contribution in [0.3, 0.4) is 0 Å². The van der Waals surface area contributed by atoms with Crippen LogP contribution in [0.25, 0.3) is 0 Å². The van der Waals surface area contributed by atoms with Crippen molar-refractivity contribution in [3.63, 3.8) is 0 Å². The van der Waals surface area contributed by atoms with Crippen molar-refractivity contribution in [1.82, 2.24) is 15.2 Å². The first-order valence-electron chi connectivity index (χ1n) is 9.03. The highest BCUT2D eigenvalue weighted by Crippen LogP contribution is 2.25. The Bertz CT molecular complexity index is 973. The smallest absolute Gasteiger partial charge is 0.240 e. The summed E-state index contributed by atoms with van der Waals surface area (Å²) in [5.41, 5.74) is 9.97. The number of aromatic nitrogens is 3. The number of ether oxygens (including phenoxy) is 1. The van der Waals surface area contributed by atoms with E-state index < -0.39 is 0 Å². The fraction of sp³-hybridized carbons (Fsp3) is 0.286. The second-order valence-electron chi connectivity index (χ2n) is 6.67. The molecule has 2 aromatic carbocycles. The maximum atomic E-state index is 5.25. The number of hydrogen-bond acceptors (Lipinski definition) is 6. The first-order valence-corrected chi connectivity index (χ1v) is 10.0. The molecule has 0 saturated carbocycles. The highest BCUT2D eigenvalue weighted by Gasteiger charge is 2.08. The van der Waals surface area contributed by atoms with Crippen molar-refractivity contribution in [3.05, 3.63) is 64.2 Å². The van der Waals surface area contributed by atoms with Gasteiger partial charge in [0.1, 0.15) is 5.75 Å². The van der Waals surface area contributed by atoms with Gasteiger partial charge in [0.25, 0.3) is 0 Å². The maximum absolute atomic E-state index is 5.25. The van der Waals surface area contributed by atoms with Gasteiger partial charge in [0.2, 0.25) is 11.1 Å². The summed E-state index contributed by atoms with van der Waals surface area (Å²) in [6.45, 7) is 8.35. The summed E-state index contributed by atoms with van der Waals surface area (Å²) in [6, 6.07) is 12.2. The third-order valence-corrected chi connectivity index (χ3v) is 5.34. The first-order chi connectivity index (χ1) is 13.5. The van der Waals surface area contributed by atoms with Crippen LogP contribution in [0.4, 0.5) is 5.95 Å². The lowest BCUT2D eigenvalue weighted by Gasteiger charge is -2.09. The molecular formula is C21H25N5OS. The molecule has 6 nitrogen and oxygen atoms in total. The van der Waals surface area contributed by atoms with Crippen molar-refractivity contribution in [2.24, 2.45) is 5.10 Å². The number of thioether (sulfide) groups is 1. The molecule has 0 spiro atoms. The second kappa shape index (κ2) is 8.93. The highest BCUT2D eigenvalue weighted by atomic mass is 32.2. The zero-order valence-electron chi connectivity index (χ0n) is 16.8. The number of aryl methyl sites for hydroxylation is 3. The van der Waals surface area contributed by atoms with E-state index in [-0.39, 0.29) is 0 Å². The quantitative estimate of drug-likeness (QED) is 0.339. The van der Waals surface area contributed by atoms with Gasteiger partial charge in [0, 0.05) is 11.3 Å². The fourth-order valence-electron chi connectivity index (χ4n) is 2.98. The predicted octanol–water partition coefficient (Wildman–Crippen LogP) is 4.87. The molecule has 3 aromatic rings. The van der Waals surface area contributed by atoms with E-state index in [1.54, 1.807) is 18.9 Å². The van der Waals surface area contributed by atoms with Gasteiger partial charge in [-0.25, -0.2) is 10.5 Å². The van der Waals surface area contributed by atoms with Gasteiger partial charge < -0.3 is 4.74 Å². The SMILES string of the molecule is COc1cccc(/C(C)=N/Nc2nc(SCc3c(C)cc(C)cc3C)n[nH]2)c1. The van der Waals surface area contributed by atoms with Gasteiger partial charge in [-0.2, -0.15) is 10.1 Å². The van der Waals surface area contributed by atoms with Crippen LogP contribution in [0, 0.1) is 20.8 Å². The monoisotopic (exact) mass is 395 g/mol. The minimum Gasteiger partial charge on any atom is -0.497 e. The molecule has 2 N–H and O–H groups in total. The predicted molar refractivity (Wildman–Crippen MR) is 115 cm³/mol. The molecule has 146 valence electrons. The second-order valence-corrected chi connectivity index (χ2v) is 7.62. The molecule has 0 fully saturated rings. The van der Waals surface area contributed by atoms with Gasteiger partial charge in [0.05, 0.1) is 12.8 Å². The molecule has 0 aliphatic carbocycles. The fourth-order valence-corrected chi connectivity index (χ4v) is 3.98. The van der Waals surface area contributed by atoms with Crippen LogP contribution < -0.4 is 10.2 Å². The summed E-state index contributed by atoms with van der Waals surface area (Å²) in [4.78, 5) is 4.45. The third kappa shape index (κ3) is 4.92. The molecule has 0 unspecified atom stereocenters. The van der Waals surface area contributed by atoms with E-state index in [0.717, 1.165) is 22.8 Å². The Kier molecular flexibility index (Phi) is 6.36. The number of nitrogens with zero attached hydrogens (tertiary/aromatic N) is 3. The molecule has 0 amide bonds. The van der Waals surface area contributed by atoms with Crippen LogP contribution >= 0.6 is 11.8 Å². The third-order valence-electron chi connectivity index (χ3n) is 4.47. The number of nitrogens with one attached hydrogen (secondary N) is 2. The molecule has 0 atom stereocenters. The van der Waals surface area contributed by atoms with E-state index >= 15 is 0 Å². The summed E-state index contributed by atoms with van der Waals surface area (Å²) in [5.74, 6) is 2.15. The van der Waals surface area contributed by atoms with Crippen LogP contribution in [0.1, 0.15) is 34.7 Å². The molecule has 0 saturated heterocycles. The van der Waals surface area contributed by atoms with Crippen LogP contribution in [-0.2, 0) is 5.75 Å². The number of benzene rings is 2. The lowest BCUT2D eigenvalue weighted by Crippen LogP contribution is -2.01. The summed E-state index contributed by atoms with van der Waals surface area (Å²) in [5, 5.41) is 12.2. The molecule has 1 aromatic heterocycles. The van der Waals surface area contributed by atoms with Gasteiger partial charge >= 0.3 is 0 Å². The first kappa shape index (κ1) is 19.9. The Hall–Kier alpha value is -2.80. The Morgan fingerprint density at radius 2 is 1.93 bits per heavy atom. The van der Waals surface area contributed by atoms with Gasteiger partial charge in [-0.15, -0.1) is 5.10 Å². The molecule has 3 rings (SSSR count). The molecule has 0 bridgehead atoms. The van der Waals surface area contributed by atoms with Crippen LogP contribution in [0.15, 0.2) is 46.7 Å². The van der Waals surface area contributed by atoms with E-state index in [4.69, 9.17) is 4.74 Å². The van der Waals surface area contributed by atoms with Crippen LogP contribution in [0.2, 0.25) is 0 Å². The average molecular weight is 396 g/mol.